The summed E-state index contributed by atoms with van der Waals surface area (Å²) in [6.45, 7) is 3.86. The van der Waals surface area contributed by atoms with E-state index >= 15 is 0 Å². The molecule has 0 aliphatic carbocycles. The van der Waals surface area contributed by atoms with Gasteiger partial charge in [-0.25, -0.2) is 0 Å². The zero-order chi connectivity index (χ0) is 14.7. The van der Waals surface area contributed by atoms with Gasteiger partial charge in [-0.05, 0) is 19.9 Å². The van der Waals surface area contributed by atoms with Crippen molar-refractivity contribution in [2.24, 2.45) is 0 Å². The fourth-order valence-electron chi connectivity index (χ4n) is 2.23. The van der Waals surface area contributed by atoms with Gasteiger partial charge in [-0.15, -0.1) is 0 Å². The van der Waals surface area contributed by atoms with Crippen LogP contribution in [-0.2, 0) is 16.1 Å². The van der Waals surface area contributed by atoms with Crippen LogP contribution in [0.1, 0.15) is 18.2 Å². The molecule has 0 amide bonds. The molecule has 2 aromatic rings. The van der Waals surface area contributed by atoms with Crippen LogP contribution in [0.3, 0.4) is 0 Å². The minimum absolute atomic E-state index is 0.424. The van der Waals surface area contributed by atoms with Crippen molar-refractivity contribution >= 4 is 16.9 Å². The zero-order valence-electron chi connectivity index (χ0n) is 11.8. The number of methoxy groups -OCH3 is 1. The smallest absolute Gasteiger partial charge is 0.325 e. The summed E-state index contributed by atoms with van der Waals surface area (Å²) in [7, 11) is 1.30. The monoisotopic (exact) mass is 277 g/mol. The molecule has 0 spiro atoms. The zero-order valence-corrected chi connectivity index (χ0v) is 11.8. The molecular weight excluding hydrogens is 258 g/mol. The second kappa shape index (κ2) is 6.07. The topological polar surface area (TPSA) is 71.7 Å². The molecule has 0 bridgehead atoms. The van der Waals surface area contributed by atoms with Gasteiger partial charge in [-0.3, -0.25) is 10.1 Å². The van der Waals surface area contributed by atoms with Crippen LogP contribution in [0.4, 0.5) is 0 Å². The van der Waals surface area contributed by atoms with Crippen molar-refractivity contribution in [1.82, 2.24) is 5.32 Å². The Kier molecular flexibility index (Phi) is 4.42. The predicted octanol–water partition coefficient (Wildman–Crippen LogP) is 1.75. The Hall–Kier alpha value is -1.85. The van der Waals surface area contributed by atoms with E-state index in [0.717, 1.165) is 22.3 Å². The number of benzene rings is 1. The number of aliphatic hydroxyl groups is 1. The lowest BCUT2D eigenvalue weighted by Crippen LogP contribution is -2.45. The number of fused-ring (bicyclic) bond motifs is 1. The number of furan rings is 1. The third-order valence-electron chi connectivity index (χ3n) is 3.34. The van der Waals surface area contributed by atoms with Gasteiger partial charge in [0.1, 0.15) is 17.4 Å². The van der Waals surface area contributed by atoms with Crippen molar-refractivity contribution in [1.29, 1.82) is 0 Å². The first-order chi connectivity index (χ1) is 9.54. The maximum atomic E-state index is 11.6. The van der Waals surface area contributed by atoms with Crippen LogP contribution in [0.2, 0.25) is 0 Å². The number of aryl methyl sites for hydroxylation is 1. The Morgan fingerprint density at radius 3 is 2.80 bits per heavy atom. The quantitative estimate of drug-likeness (QED) is 0.815. The number of hydrogen-bond donors (Lipinski definition) is 2. The van der Waals surface area contributed by atoms with Gasteiger partial charge in [0, 0.05) is 17.5 Å². The second-order valence-electron chi connectivity index (χ2n) is 4.76. The van der Waals surface area contributed by atoms with Crippen LogP contribution in [0, 0.1) is 6.92 Å². The summed E-state index contributed by atoms with van der Waals surface area (Å²) in [5, 5.41) is 13.7. The van der Waals surface area contributed by atoms with Gasteiger partial charge < -0.3 is 14.3 Å². The average Bonchev–Trinajstić information content (AvgIpc) is 2.74. The molecule has 0 aliphatic rings. The number of esters is 1. The van der Waals surface area contributed by atoms with Crippen molar-refractivity contribution in [2.75, 3.05) is 7.11 Å². The molecule has 1 aromatic heterocycles. The first-order valence-corrected chi connectivity index (χ1v) is 6.51. The standard InChI is InChI=1S/C15H19NO4/c1-9(17)14(15(18)19-3)16-8-12-10(2)20-13-7-5-4-6-11(12)13/h4-7,9,14,16-17H,8H2,1-3H3/t9-,14-/m1/s1. The normalized spacial score (nSPS) is 14.2. The highest BCUT2D eigenvalue weighted by Gasteiger charge is 2.24. The molecule has 2 rings (SSSR count). The van der Waals surface area contributed by atoms with Crippen LogP contribution in [0.5, 0.6) is 0 Å². The van der Waals surface area contributed by atoms with Crippen LogP contribution >= 0.6 is 0 Å². The summed E-state index contributed by atoms with van der Waals surface area (Å²) in [5.74, 6) is 0.318. The van der Waals surface area contributed by atoms with Gasteiger partial charge in [0.25, 0.3) is 0 Å². The number of carbonyl (C=O) groups excluding carboxylic acids is 1. The maximum Gasteiger partial charge on any atom is 0.325 e. The van der Waals surface area contributed by atoms with Gasteiger partial charge in [-0.1, -0.05) is 18.2 Å². The lowest BCUT2D eigenvalue weighted by molar-refractivity contribution is -0.145. The van der Waals surface area contributed by atoms with Crippen molar-refractivity contribution in [2.45, 2.75) is 32.5 Å². The Labute approximate surface area is 117 Å². The van der Waals surface area contributed by atoms with Crippen molar-refractivity contribution in [3.8, 4) is 0 Å². The van der Waals surface area contributed by atoms with E-state index in [1.54, 1.807) is 6.92 Å². The van der Waals surface area contributed by atoms with Crippen molar-refractivity contribution in [3.05, 3.63) is 35.6 Å². The summed E-state index contributed by atoms with van der Waals surface area (Å²) in [5.41, 5.74) is 1.80. The molecule has 0 saturated carbocycles. The van der Waals surface area contributed by atoms with E-state index in [1.807, 2.05) is 31.2 Å². The molecular formula is C15H19NO4. The molecule has 0 aliphatic heterocycles. The van der Waals surface area contributed by atoms with E-state index < -0.39 is 18.1 Å². The number of ether oxygens (including phenoxy) is 1. The highest BCUT2D eigenvalue weighted by Crippen LogP contribution is 2.25. The number of aliphatic hydroxyl groups excluding tert-OH is 1. The van der Waals surface area contributed by atoms with E-state index in [-0.39, 0.29) is 0 Å². The van der Waals surface area contributed by atoms with E-state index in [9.17, 15) is 9.90 Å². The second-order valence-corrected chi connectivity index (χ2v) is 4.76. The molecule has 0 unspecified atom stereocenters. The van der Waals surface area contributed by atoms with Gasteiger partial charge in [0.2, 0.25) is 0 Å². The van der Waals surface area contributed by atoms with E-state index in [1.165, 1.54) is 7.11 Å². The third-order valence-corrected chi connectivity index (χ3v) is 3.34. The molecule has 1 aromatic carbocycles. The summed E-state index contributed by atoms with van der Waals surface area (Å²) in [6, 6.07) is 6.97. The van der Waals surface area contributed by atoms with Gasteiger partial charge in [0.05, 0.1) is 13.2 Å². The number of hydrogen-bond acceptors (Lipinski definition) is 5. The number of para-hydroxylation sites is 1. The maximum absolute atomic E-state index is 11.6. The van der Waals surface area contributed by atoms with Crippen LogP contribution < -0.4 is 5.32 Å². The lowest BCUT2D eigenvalue weighted by atomic mass is 10.1. The number of carbonyl (C=O) groups is 1. The van der Waals surface area contributed by atoms with Gasteiger partial charge in [-0.2, -0.15) is 0 Å². The van der Waals surface area contributed by atoms with Crippen LogP contribution in [0.25, 0.3) is 11.0 Å². The molecule has 108 valence electrons. The lowest BCUT2D eigenvalue weighted by Gasteiger charge is -2.18. The largest absolute Gasteiger partial charge is 0.468 e. The first kappa shape index (κ1) is 14.6. The van der Waals surface area contributed by atoms with Gasteiger partial charge in [0.15, 0.2) is 0 Å². The summed E-state index contributed by atoms with van der Waals surface area (Å²) in [4.78, 5) is 11.6. The molecule has 0 fully saturated rings. The Morgan fingerprint density at radius 2 is 2.15 bits per heavy atom. The van der Waals surface area contributed by atoms with Crippen LogP contribution in [0.15, 0.2) is 28.7 Å². The molecule has 2 N–H and O–H groups in total. The summed E-state index contributed by atoms with van der Waals surface area (Å²) < 4.78 is 10.3. The number of rotatable bonds is 5. The summed E-state index contributed by atoms with van der Waals surface area (Å²) in [6.07, 6.45) is -0.832. The molecule has 5 heteroatoms. The van der Waals surface area contributed by atoms with E-state index in [0.29, 0.717) is 6.54 Å². The fraction of sp³-hybridized carbons (Fsp3) is 0.400. The minimum atomic E-state index is -0.832. The van der Waals surface area contributed by atoms with E-state index in [4.69, 9.17) is 4.42 Å². The SMILES string of the molecule is COC(=O)[C@H](NCc1c(C)oc2ccccc12)[C@@H](C)O. The molecule has 0 radical (unpaired) electrons. The highest BCUT2D eigenvalue weighted by atomic mass is 16.5. The Balaban J connectivity index is 2.20. The van der Waals surface area contributed by atoms with Crippen LogP contribution in [-0.4, -0.2) is 30.3 Å². The Morgan fingerprint density at radius 1 is 1.45 bits per heavy atom. The molecule has 5 nitrogen and oxygen atoms in total. The Bertz CT molecular complexity index is 603. The number of nitrogens with one attached hydrogen (secondary N) is 1. The minimum Gasteiger partial charge on any atom is -0.468 e. The predicted molar refractivity (Wildman–Crippen MR) is 75.3 cm³/mol. The summed E-state index contributed by atoms with van der Waals surface area (Å²) >= 11 is 0. The van der Waals surface area contributed by atoms with Crippen molar-refractivity contribution in [3.63, 3.8) is 0 Å². The fourth-order valence-corrected chi connectivity index (χ4v) is 2.23. The van der Waals surface area contributed by atoms with Crippen molar-refractivity contribution < 1.29 is 19.1 Å². The van der Waals surface area contributed by atoms with E-state index in [2.05, 4.69) is 10.1 Å². The molecule has 20 heavy (non-hydrogen) atoms. The highest BCUT2D eigenvalue weighted by molar-refractivity contribution is 5.82. The van der Waals surface area contributed by atoms with Gasteiger partial charge >= 0.3 is 5.97 Å². The molecule has 1 heterocycles. The average molecular weight is 277 g/mol. The third kappa shape index (κ3) is 2.84. The molecule has 2 atom stereocenters. The molecule has 0 saturated heterocycles. The first-order valence-electron chi connectivity index (χ1n) is 6.51.